The van der Waals surface area contributed by atoms with Gasteiger partial charge in [0.15, 0.2) is 0 Å². The van der Waals surface area contributed by atoms with Crippen molar-refractivity contribution in [3.63, 3.8) is 0 Å². The Morgan fingerprint density at radius 1 is 1.02 bits per heavy atom. The highest BCUT2D eigenvalue weighted by Gasteiger charge is 2.27. The molecule has 1 fully saturated rings. The molecule has 9 nitrogen and oxygen atoms in total. The normalized spacial score (nSPS) is 17.4. The predicted molar refractivity (Wildman–Crippen MR) is 158 cm³/mol. The first kappa shape index (κ1) is 28.0. The number of hydrogen-bond acceptors (Lipinski definition) is 7. The highest BCUT2D eigenvalue weighted by atomic mass is 35.5. The Kier molecular flexibility index (Phi) is 9.23. The number of amides is 1. The number of nitrogens with zero attached hydrogens (tertiary/aromatic N) is 5. The number of aryl methyl sites for hydroxylation is 1. The van der Waals surface area contributed by atoms with Gasteiger partial charge in [-0.1, -0.05) is 30.2 Å². The van der Waals surface area contributed by atoms with E-state index in [4.69, 9.17) is 26.4 Å². The summed E-state index contributed by atoms with van der Waals surface area (Å²) in [5.74, 6) is 3.25. The van der Waals surface area contributed by atoms with Crippen LogP contribution in [0.5, 0.6) is 11.5 Å². The SMILES string of the molecule is Cc1ncc2c(n1)N(CCCCCN1CCN(C(=O)O)CC1)CCC2Nc1cccc(Oc2cccc(Cl)c2)c1. The van der Waals surface area contributed by atoms with Crippen LogP contribution < -0.4 is 15.0 Å². The molecule has 0 radical (unpaired) electrons. The van der Waals surface area contributed by atoms with Crippen molar-refractivity contribution in [2.24, 2.45) is 0 Å². The molecule has 2 aliphatic rings. The molecule has 2 N–H and O–H groups in total. The Bertz CT molecular complexity index is 1300. The van der Waals surface area contributed by atoms with Crippen molar-refractivity contribution in [1.29, 1.82) is 0 Å². The number of aromatic nitrogens is 2. The number of unbranched alkanes of at least 4 members (excludes halogenated alkanes) is 2. The summed E-state index contributed by atoms with van der Waals surface area (Å²) in [7, 11) is 0. The quantitative estimate of drug-likeness (QED) is 0.287. The number of piperazine rings is 1. The smallest absolute Gasteiger partial charge is 0.407 e. The fraction of sp³-hybridized carbons (Fsp3) is 0.433. The van der Waals surface area contributed by atoms with E-state index >= 15 is 0 Å². The van der Waals surface area contributed by atoms with E-state index in [2.05, 4.69) is 20.1 Å². The monoisotopic (exact) mass is 564 g/mol. The van der Waals surface area contributed by atoms with Crippen LogP contribution in [0.25, 0.3) is 0 Å². The van der Waals surface area contributed by atoms with Crippen LogP contribution in [0.1, 0.15) is 43.1 Å². The van der Waals surface area contributed by atoms with Crippen LogP contribution in [-0.4, -0.2) is 76.8 Å². The van der Waals surface area contributed by atoms with Gasteiger partial charge in [-0.15, -0.1) is 0 Å². The zero-order valence-electron chi connectivity index (χ0n) is 22.9. The maximum absolute atomic E-state index is 11.1. The van der Waals surface area contributed by atoms with Crippen molar-refractivity contribution < 1.29 is 14.6 Å². The van der Waals surface area contributed by atoms with Gasteiger partial charge in [-0.05, 0) is 63.1 Å². The van der Waals surface area contributed by atoms with E-state index in [-0.39, 0.29) is 6.04 Å². The number of fused-ring (bicyclic) bond motifs is 1. The fourth-order valence-corrected chi connectivity index (χ4v) is 5.56. The van der Waals surface area contributed by atoms with E-state index in [9.17, 15) is 4.79 Å². The minimum absolute atomic E-state index is 0.109. The number of anilines is 2. The summed E-state index contributed by atoms with van der Waals surface area (Å²) < 4.78 is 6.02. The second kappa shape index (κ2) is 13.2. The van der Waals surface area contributed by atoms with Crippen LogP contribution in [0.2, 0.25) is 5.02 Å². The third-order valence-electron chi connectivity index (χ3n) is 7.53. The third kappa shape index (κ3) is 7.34. The van der Waals surface area contributed by atoms with Crippen molar-refractivity contribution in [1.82, 2.24) is 19.8 Å². The summed E-state index contributed by atoms with van der Waals surface area (Å²) in [4.78, 5) is 26.7. The van der Waals surface area contributed by atoms with Gasteiger partial charge in [0.2, 0.25) is 0 Å². The van der Waals surface area contributed by atoms with E-state index in [1.807, 2.05) is 55.6 Å². The number of benzene rings is 2. The van der Waals surface area contributed by atoms with Gasteiger partial charge in [0, 0.05) is 67.8 Å². The number of carboxylic acid groups (broad SMARTS) is 1. The van der Waals surface area contributed by atoms with Gasteiger partial charge in [0.25, 0.3) is 0 Å². The average molecular weight is 565 g/mol. The first-order valence-corrected chi connectivity index (χ1v) is 14.4. The zero-order chi connectivity index (χ0) is 27.9. The number of carbonyl (C=O) groups is 1. The lowest BCUT2D eigenvalue weighted by molar-refractivity contribution is 0.105. The highest BCUT2D eigenvalue weighted by molar-refractivity contribution is 6.30. The maximum Gasteiger partial charge on any atom is 0.407 e. The third-order valence-corrected chi connectivity index (χ3v) is 7.77. The van der Waals surface area contributed by atoms with Crippen LogP contribution in [0.15, 0.2) is 54.7 Å². The summed E-state index contributed by atoms with van der Waals surface area (Å²) in [6, 6.07) is 15.5. The molecule has 0 bridgehead atoms. The zero-order valence-corrected chi connectivity index (χ0v) is 23.7. The van der Waals surface area contributed by atoms with Crippen molar-refractivity contribution >= 4 is 29.2 Å². The number of rotatable bonds is 10. The molecule has 0 aliphatic carbocycles. The van der Waals surface area contributed by atoms with E-state index < -0.39 is 6.09 Å². The van der Waals surface area contributed by atoms with Gasteiger partial charge in [0.05, 0.1) is 6.04 Å². The molecule has 1 aromatic heterocycles. The molecule has 212 valence electrons. The molecular weight excluding hydrogens is 528 g/mol. The Labute approximate surface area is 240 Å². The van der Waals surface area contributed by atoms with E-state index in [1.165, 1.54) is 4.90 Å². The first-order valence-electron chi connectivity index (χ1n) is 14.0. The summed E-state index contributed by atoms with van der Waals surface area (Å²) in [5, 5.41) is 13.4. The summed E-state index contributed by atoms with van der Waals surface area (Å²) in [6.07, 6.45) is 5.45. The summed E-state index contributed by atoms with van der Waals surface area (Å²) in [6.45, 7) is 7.72. The minimum atomic E-state index is -0.811. The second-order valence-corrected chi connectivity index (χ2v) is 10.9. The molecule has 40 heavy (non-hydrogen) atoms. The standard InChI is InChI=1S/C30H37ClN6O3/c1-22-32-21-27-28(34-24-8-6-10-26(20-24)40-25-9-5-7-23(31)19-25)11-14-36(29(27)33-22)13-4-2-3-12-35-15-17-37(18-16-35)30(38)39/h5-10,19-21,28,34H,2-4,11-18H2,1H3,(H,38,39). The van der Waals surface area contributed by atoms with Gasteiger partial charge in [-0.2, -0.15) is 0 Å². The van der Waals surface area contributed by atoms with E-state index in [0.717, 1.165) is 87.0 Å². The fourth-order valence-electron chi connectivity index (χ4n) is 5.38. The Morgan fingerprint density at radius 3 is 2.55 bits per heavy atom. The molecule has 0 spiro atoms. The molecule has 2 aliphatic heterocycles. The van der Waals surface area contributed by atoms with Crippen molar-refractivity contribution in [3.8, 4) is 11.5 Å². The largest absolute Gasteiger partial charge is 0.465 e. The molecule has 1 amide bonds. The van der Waals surface area contributed by atoms with Gasteiger partial charge >= 0.3 is 6.09 Å². The average Bonchev–Trinajstić information content (AvgIpc) is 2.94. The molecule has 1 saturated heterocycles. The second-order valence-electron chi connectivity index (χ2n) is 10.4. The highest BCUT2D eigenvalue weighted by Crippen LogP contribution is 2.35. The molecule has 3 aromatic rings. The molecule has 2 aromatic carbocycles. The molecule has 5 rings (SSSR count). The lowest BCUT2D eigenvalue weighted by atomic mass is 10.00. The van der Waals surface area contributed by atoms with Crippen LogP contribution in [0.4, 0.5) is 16.3 Å². The molecule has 1 unspecified atom stereocenters. The Hall–Kier alpha value is -3.56. The van der Waals surface area contributed by atoms with Crippen molar-refractivity contribution in [2.75, 3.05) is 56.0 Å². The molecular formula is C30H37ClN6O3. The lowest BCUT2D eigenvalue weighted by Gasteiger charge is -2.35. The van der Waals surface area contributed by atoms with Crippen LogP contribution in [0, 0.1) is 6.92 Å². The molecule has 3 heterocycles. The van der Waals surface area contributed by atoms with Gasteiger partial charge in [0.1, 0.15) is 23.1 Å². The summed E-state index contributed by atoms with van der Waals surface area (Å²) in [5.41, 5.74) is 2.10. The minimum Gasteiger partial charge on any atom is -0.465 e. The van der Waals surface area contributed by atoms with Gasteiger partial charge in [-0.3, -0.25) is 4.90 Å². The van der Waals surface area contributed by atoms with Crippen molar-refractivity contribution in [3.05, 3.63) is 71.1 Å². The Balaban J connectivity index is 1.14. The number of ether oxygens (including phenoxy) is 1. The van der Waals surface area contributed by atoms with Gasteiger partial charge < -0.3 is 25.0 Å². The first-order chi connectivity index (χ1) is 19.4. The van der Waals surface area contributed by atoms with Crippen LogP contribution >= 0.6 is 11.6 Å². The Morgan fingerprint density at radius 2 is 1.77 bits per heavy atom. The topological polar surface area (TPSA) is 94.1 Å². The molecule has 10 heteroatoms. The number of halogens is 1. The predicted octanol–water partition coefficient (Wildman–Crippen LogP) is 6.06. The number of nitrogens with one attached hydrogen (secondary N) is 1. The summed E-state index contributed by atoms with van der Waals surface area (Å²) >= 11 is 6.11. The van der Waals surface area contributed by atoms with E-state index in [1.54, 1.807) is 6.07 Å². The number of hydrogen-bond donors (Lipinski definition) is 2. The van der Waals surface area contributed by atoms with Gasteiger partial charge in [-0.25, -0.2) is 14.8 Å². The van der Waals surface area contributed by atoms with E-state index in [0.29, 0.717) is 23.9 Å². The maximum atomic E-state index is 11.1. The van der Waals surface area contributed by atoms with Crippen molar-refractivity contribution in [2.45, 2.75) is 38.6 Å². The van der Waals surface area contributed by atoms with Crippen LogP contribution in [0.3, 0.4) is 0 Å². The molecule has 0 saturated carbocycles. The molecule has 1 atom stereocenters. The van der Waals surface area contributed by atoms with Crippen LogP contribution in [-0.2, 0) is 0 Å². The lowest BCUT2D eigenvalue weighted by Crippen LogP contribution is -2.48.